The highest BCUT2D eigenvalue weighted by Gasteiger charge is 2.53. The van der Waals surface area contributed by atoms with E-state index in [0.29, 0.717) is 11.9 Å². The number of aromatic carboxylic acids is 1. The number of carboxylic acids is 1. The first-order valence-electron chi connectivity index (χ1n) is 5.44. The molecule has 0 amide bonds. The Morgan fingerprint density at radius 3 is 2.76 bits per heavy atom. The number of hydrogen-bond donors (Lipinski definition) is 2. The Kier molecular flexibility index (Phi) is 2.01. The normalized spacial score (nSPS) is 19.8. The van der Waals surface area contributed by atoms with Crippen molar-refractivity contribution in [3.8, 4) is 5.75 Å². The van der Waals surface area contributed by atoms with Crippen LogP contribution in [0.25, 0.3) is 0 Å². The molecule has 0 radical (unpaired) electrons. The molecule has 2 N–H and O–H groups in total. The van der Waals surface area contributed by atoms with Crippen molar-refractivity contribution in [3.63, 3.8) is 0 Å². The number of halogens is 1. The zero-order valence-electron chi connectivity index (χ0n) is 8.94. The van der Waals surface area contributed by atoms with Crippen LogP contribution in [0.3, 0.4) is 0 Å². The average Bonchev–Trinajstić information content (AvgIpc) is 2.96. The van der Waals surface area contributed by atoms with E-state index < -0.39 is 24.5 Å². The molecule has 1 aromatic carbocycles. The summed E-state index contributed by atoms with van der Waals surface area (Å²) in [7, 11) is -1.05. The van der Waals surface area contributed by atoms with E-state index in [2.05, 4.69) is 0 Å². The number of fused-ring (bicyclic) bond motifs is 2. The number of carboxylic acid groups (broad SMARTS) is 1. The highest BCUT2D eigenvalue weighted by atomic mass is 19.1. The molecule has 1 heterocycles. The summed E-state index contributed by atoms with van der Waals surface area (Å²) in [6, 6.07) is 2.72. The Morgan fingerprint density at radius 2 is 2.18 bits per heavy atom. The minimum absolute atomic E-state index is 0.00579. The Hall–Kier alpha value is -1.56. The largest absolute Gasteiger partial charge is 0.535 e. The van der Waals surface area contributed by atoms with Gasteiger partial charge in [0.15, 0.2) is 0 Å². The van der Waals surface area contributed by atoms with Crippen molar-refractivity contribution in [1.29, 1.82) is 0 Å². The molecule has 0 unspecified atom stereocenters. The van der Waals surface area contributed by atoms with Crippen molar-refractivity contribution in [1.82, 2.24) is 0 Å². The topological polar surface area (TPSA) is 66.8 Å². The van der Waals surface area contributed by atoms with Crippen molar-refractivity contribution < 1.29 is 24.0 Å². The molecule has 0 aromatic heterocycles. The van der Waals surface area contributed by atoms with E-state index in [1.165, 1.54) is 0 Å². The van der Waals surface area contributed by atoms with Gasteiger partial charge < -0.3 is 14.8 Å². The second kappa shape index (κ2) is 3.23. The first kappa shape index (κ1) is 10.6. The summed E-state index contributed by atoms with van der Waals surface area (Å²) in [5.41, 5.74) is 0.0272. The summed E-state index contributed by atoms with van der Waals surface area (Å²) in [5.74, 6) is -2.21. The average molecular weight is 236 g/mol. The quantitative estimate of drug-likeness (QED) is 0.723. The molecular formula is C11H10BFO4. The lowest BCUT2D eigenvalue weighted by atomic mass is 9.69. The summed E-state index contributed by atoms with van der Waals surface area (Å²) in [5, 5.41) is 18.6. The molecule has 0 bridgehead atoms. The van der Waals surface area contributed by atoms with Gasteiger partial charge in [0, 0.05) is 6.32 Å². The molecular weight excluding hydrogens is 226 g/mol. The summed E-state index contributed by atoms with van der Waals surface area (Å²) in [6.07, 6.45) is 2.21. The molecule has 0 atom stereocenters. The number of carbonyl (C=O) groups is 1. The van der Waals surface area contributed by atoms with Crippen molar-refractivity contribution in [3.05, 3.63) is 29.1 Å². The van der Waals surface area contributed by atoms with Gasteiger partial charge in [0.2, 0.25) is 0 Å². The van der Waals surface area contributed by atoms with Crippen LogP contribution < -0.4 is 4.65 Å². The Bertz CT molecular complexity index is 512. The van der Waals surface area contributed by atoms with Gasteiger partial charge in [-0.15, -0.1) is 0 Å². The molecule has 1 aliphatic carbocycles. The molecule has 4 nitrogen and oxygen atoms in total. The fourth-order valence-electron chi connectivity index (χ4n) is 2.54. The molecule has 1 saturated carbocycles. The molecule has 1 aromatic rings. The van der Waals surface area contributed by atoms with E-state index in [-0.39, 0.29) is 11.2 Å². The summed E-state index contributed by atoms with van der Waals surface area (Å²) in [4.78, 5) is 11.0. The summed E-state index contributed by atoms with van der Waals surface area (Å²) < 4.78 is 18.6. The molecule has 1 aliphatic heterocycles. The number of hydrogen-bond acceptors (Lipinski definition) is 3. The van der Waals surface area contributed by atoms with E-state index in [9.17, 15) is 14.2 Å². The van der Waals surface area contributed by atoms with Crippen LogP contribution in [0.1, 0.15) is 28.8 Å². The van der Waals surface area contributed by atoms with Crippen molar-refractivity contribution in [2.45, 2.75) is 24.6 Å². The van der Waals surface area contributed by atoms with Crippen LogP contribution in [0.5, 0.6) is 5.75 Å². The van der Waals surface area contributed by atoms with E-state index in [0.717, 1.165) is 18.9 Å². The van der Waals surface area contributed by atoms with Crippen LogP contribution in [-0.4, -0.2) is 23.2 Å². The molecule has 0 saturated heterocycles. The SMILES string of the molecule is O=C(O)c1c(F)ccc2c1OB(O)CC21CC1. The molecule has 6 heteroatoms. The van der Waals surface area contributed by atoms with Crippen LogP contribution in [0.15, 0.2) is 12.1 Å². The van der Waals surface area contributed by atoms with Crippen LogP contribution in [0.2, 0.25) is 6.32 Å². The first-order valence-corrected chi connectivity index (χ1v) is 5.44. The van der Waals surface area contributed by atoms with Crippen molar-refractivity contribution in [2.24, 2.45) is 0 Å². The highest BCUT2D eigenvalue weighted by Crippen LogP contribution is 2.57. The zero-order chi connectivity index (χ0) is 12.2. The standard InChI is InChI=1S/C11H10BFO4/c13-7-2-1-6-9(8(7)10(14)15)17-12(16)5-11(6)3-4-11/h1-2,16H,3-5H2,(H,14,15). The smallest absolute Gasteiger partial charge is 0.523 e. The minimum atomic E-state index is -1.37. The molecule has 88 valence electrons. The van der Waals surface area contributed by atoms with E-state index in [1.807, 2.05) is 0 Å². The van der Waals surface area contributed by atoms with Gasteiger partial charge in [0.05, 0.1) is 0 Å². The van der Waals surface area contributed by atoms with Gasteiger partial charge in [0.25, 0.3) is 0 Å². The van der Waals surface area contributed by atoms with Crippen LogP contribution in [0.4, 0.5) is 4.39 Å². The predicted molar refractivity (Wildman–Crippen MR) is 57.7 cm³/mol. The van der Waals surface area contributed by atoms with Gasteiger partial charge >= 0.3 is 13.1 Å². The van der Waals surface area contributed by atoms with E-state index in [1.54, 1.807) is 6.07 Å². The molecule has 1 spiro atoms. The van der Waals surface area contributed by atoms with E-state index in [4.69, 9.17) is 9.76 Å². The molecule has 2 aliphatic rings. The van der Waals surface area contributed by atoms with Crippen LogP contribution in [-0.2, 0) is 5.41 Å². The maximum absolute atomic E-state index is 13.5. The van der Waals surface area contributed by atoms with Gasteiger partial charge in [-0.3, -0.25) is 0 Å². The highest BCUT2D eigenvalue weighted by molar-refractivity contribution is 6.45. The third kappa shape index (κ3) is 1.44. The lowest BCUT2D eigenvalue weighted by molar-refractivity contribution is 0.0689. The van der Waals surface area contributed by atoms with Crippen molar-refractivity contribution >= 4 is 13.1 Å². The van der Waals surface area contributed by atoms with Gasteiger partial charge in [0.1, 0.15) is 17.1 Å². The molecule has 1 fully saturated rings. The Morgan fingerprint density at radius 1 is 1.47 bits per heavy atom. The number of rotatable bonds is 1. The number of benzene rings is 1. The van der Waals surface area contributed by atoms with Gasteiger partial charge in [-0.05, 0) is 29.9 Å². The Balaban J connectivity index is 2.23. The maximum Gasteiger partial charge on any atom is 0.523 e. The first-order chi connectivity index (χ1) is 8.03. The second-order valence-electron chi connectivity index (χ2n) is 4.66. The van der Waals surface area contributed by atoms with Gasteiger partial charge in [-0.1, -0.05) is 6.07 Å². The lowest BCUT2D eigenvalue weighted by Gasteiger charge is -2.28. The third-order valence-electron chi connectivity index (χ3n) is 3.56. The van der Waals surface area contributed by atoms with E-state index >= 15 is 0 Å². The monoisotopic (exact) mass is 236 g/mol. The van der Waals surface area contributed by atoms with Crippen LogP contribution in [0, 0.1) is 5.82 Å². The maximum atomic E-state index is 13.5. The summed E-state index contributed by atoms with van der Waals surface area (Å²) in [6.45, 7) is 0. The second-order valence-corrected chi connectivity index (χ2v) is 4.66. The fourth-order valence-corrected chi connectivity index (χ4v) is 2.54. The Labute approximate surface area is 97.2 Å². The van der Waals surface area contributed by atoms with Crippen LogP contribution >= 0.6 is 0 Å². The molecule has 3 rings (SSSR count). The van der Waals surface area contributed by atoms with Crippen molar-refractivity contribution in [2.75, 3.05) is 0 Å². The minimum Gasteiger partial charge on any atom is -0.535 e. The predicted octanol–water partition coefficient (Wildman–Crippen LogP) is 1.43. The van der Waals surface area contributed by atoms with Gasteiger partial charge in [-0.25, -0.2) is 9.18 Å². The summed E-state index contributed by atoms with van der Waals surface area (Å²) >= 11 is 0. The zero-order valence-corrected chi connectivity index (χ0v) is 8.94. The van der Waals surface area contributed by atoms with Gasteiger partial charge in [-0.2, -0.15) is 0 Å². The molecule has 17 heavy (non-hydrogen) atoms. The lowest BCUT2D eigenvalue weighted by Crippen LogP contribution is -2.34. The third-order valence-corrected chi connectivity index (χ3v) is 3.56. The fraction of sp³-hybridized carbons (Fsp3) is 0.364.